The van der Waals surface area contributed by atoms with Crippen LogP contribution in [0, 0.1) is 13.8 Å². The maximum atomic E-state index is 4.96. The summed E-state index contributed by atoms with van der Waals surface area (Å²) in [4.78, 5) is 4.96. The Balaban J connectivity index is 0.00000169. The molecule has 1 aromatic heterocycles. The number of nitrogens with zero attached hydrogens (tertiary/aromatic N) is 1. The molecule has 0 N–H and O–H groups in total. The predicted octanol–water partition coefficient (Wildman–Crippen LogP) is 6.60. The zero-order valence-electron chi connectivity index (χ0n) is 14.4. The van der Waals surface area contributed by atoms with Crippen LogP contribution in [0.5, 0.6) is 0 Å². The highest BCUT2D eigenvalue weighted by atomic mass is 35.5. The monoisotopic (exact) mass is 337 g/mol. The summed E-state index contributed by atoms with van der Waals surface area (Å²) in [6.07, 6.45) is 5.40. The number of hydrogen-bond donors (Lipinski definition) is 0. The summed E-state index contributed by atoms with van der Waals surface area (Å²) in [6, 6.07) is 17.8. The third kappa shape index (κ3) is 3.18. The van der Waals surface area contributed by atoms with Crippen molar-refractivity contribution in [3.63, 3.8) is 0 Å². The largest absolute Gasteiger partial charge is 0.248 e. The average Bonchev–Trinajstić information content (AvgIpc) is 3.07. The van der Waals surface area contributed by atoms with Gasteiger partial charge in [-0.2, -0.15) is 0 Å². The standard InChI is InChI=1S/C22H23N.ClH/c1-15-12-16(2)14-18(13-15)21-11-10-20-19(17-6-3-4-7-17)8-5-9-22(20)23-21;/h5,8-14,17H,3-4,6-7H2,1-2H3;1H. The molecule has 0 bridgehead atoms. The maximum absolute atomic E-state index is 4.96. The number of aryl methyl sites for hydroxylation is 2. The van der Waals surface area contributed by atoms with Gasteiger partial charge in [-0.15, -0.1) is 12.4 Å². The predicted molar refractivity (Wildman–Crippen MR) is 105 cm³/mol. The van der Waals surface area contributed by atoms with E-state index in [1.807, 2.05) is 0 Å². The van der Waals surface area contributed by atoms with Crippen LogP contribution in [-0.2, 0) is 0 Å². The summed E-state index contributed by atoms with van der Waals surface area (Å²) in [5.74, 6) is 0.729. The third-order valence-electron chi connectivity index (χ3n) is 5.08. The topological polar surface area (TPSA) is 12.9 Å². The second-order valence-electron chi connectivity index (χ2n) is 6.97. The van der Waals surface area contributed by atoms with Crippen molar-refractivity contribution < 1.29 is 0 Å². The Bertz CT molecular complexity index is 843. The minimum absolute atomic E-state index is 0. The van der Waals surface area contributed by atoms with E-state index in [2.05, 4.69) is 62.4 Å². The summed E-state index contributed by atoms with van der Waals surface area (Å²) in [5, 5.41) is 1.34. The molecule has 0 aliphatic heterocycles. The molecule has 0 atom stereocenters. The molecule has 0 spiro atoms. The molecule has 0 amide bonds. The lowest BCUT2D eigenvalue weighted by Crippen LogP contribution is -1.95. The van der Waals surface area contributed by atoms with E-state index in [1.54, 1.807) is 0 Å². The van der Waals surface area contributed by atoms with Crippen LogP contribution in [0.4, 0.5) is 0 Å². The van der Waals surface area contributed by atoms with E-state index in [9.17, 15) is 0 Å². The molecule has 1 aliphatic rings. The van der Waals surface area contributed by atoms with E-state index in [4.69, 9.17) is 4.98 Å². The summed E-state index contributed by atoms with van der Waals surface area (Å²) in [5.41, 5.74) is 7.51. The third-order valence-corrected chi connectivity index (χ3v) is 5.08. The van der Waals surface area contributed by atoms with Gasteiger partial charge in [0.2, 0.25) is 0 Å². The van der Waals surface area contributed by atoms with E-state index < -0.39 is 0 Å². The Kier molecular flexibility index (Phi) is 4.91. The van der Waals surface area contributed by atoms with Crippen molar-refractivity contribution in [3.8, 4) is 11.3 Å². The fourth-order valence-corrected chi connectivity index (χ4v) is 4.05. The van der Waals surface area contributed by atoms with Crippen molar-refractivity contribution in [1.29, 1.82) is 0 Å². The molecule has 24 heavy (non-hydrogen) atoms. The molecule has 4 rings (SSSR count). The van der Waals surface area contributed by atoms with Crippen LogP contribution >= 0.6 is 12.4 Å². The first-order valence-corrected chi connectivity index (χ1v) is 8.69. The summed E-state index contributed by atoms with van der Waals surface area (Å²) in [6.45, 7) is 4.30. The van der Waals surface area contributed by atoms with Gasteiger partial charge in [-0.05, 0) is 62.4 Å². The van der Waals surface area contributed by atoms with Crippen molar-refractivity contribution in [2.45, 2.75) is 45.4 Å². The zero-order valence-corrected chi connectivity index (χ0v) is 15.2. The highest BCUT2D eigenvalue weighted by molar-refractivity contribution is 5.86. The van der Waals surface area contributed by atoms with Gasteiger partial charge in [0.1, 0.15) is 0 Å². The lowest BCUT2D eigenvalue weighted by atomic mass is 9.93. The summed E-state index contributed by atoms with van der Waals surface area (Å²) >= 11 is 0. The van der Waals surface area contributed by atoms with Crippen LogP contribution in [0.1, 0.15) is 48.3 Å². The smallest absolute Gasteiger partial charge is 0.0712 e. The molecule has 3 aromatic rings. The van der Waals surface area contributed by atoms with Crippen LogP contribution in [0.3, 0.4) is 0 Å². The molecular formula is C22H24ClN. The molecule has 1 aliphatic carbocycles. The number of pyridine rings is 1. The first-order valence-electron chi connectivity index (χ1n) is 8.69. The van der Waals surface area contributed by atoms with E-state index in [1.165, 1.54) is 53.3 Å². The van der Waals surface area contributed by atoms with Crippen molar-refractivity contribution in [1.82, 2.24) is 4.98 Å². The number of rotatable bonds is 2. The molecule has 1 nitrogen and oxygen atoms in total. The molecular weight excluding hydrogens is 314 g/mol. The second-order valence-corrected chi connectivity index (χ2v) is 6.97. The zero-order chi connectivity index (χ0) is 15.8. The van der Waals surface area contributed by atoms with Crippen LogP contribution in [0.15, 0.2) is 48.5 Å². The molecule has 2 aromatic carbocycles. The first kappa shape index (κ1) is 17.0. The number of aromatic nitrogens is 1. The van der Waals surface area contributed by atoms with Gasteiger partial charge < -0.3 is 0 Å². The van der Waals surface area contributed by atoms with Gasteiger partial charge in [-0.3, -0.25) is 0 Å². The van der Waals surface area contributed by atoms with Crippen LogP contribution in [-0.4, -0.2) is 4.98 Å². The normalized spacial score (nSPS) is 14.8. The molecule has 1 fully saturated rings. The molecule has 1 heterocycles. The second kappa shape index (κ2) is 6.94. The quantitative estimate of drug-likeness (QED) is 0.513. The highest BCUT2D eigenvalue weighted by Crippen LogP contribution is 2.37. The fourth-order valence-electron chi connectivity index (χ4n) is 4.05. The van der Waals surface area contributed by atoms with Gasteiger partial charge in [0.05, 0.1) is 11.2 Å². The van der Waals surface area contributed by atoms with Crippen LogP contribution < -0.4 is 0 Å². The van der Waals surface area contributed by atoms with Crippen LogP contribution in [0.2, 0.25) is 0 Å². The van der Waals surface area contributed by atoms with E-state index in [0.717, 1.165) is 17.1 Å². The molecule has 0 radical (unpaired) electrons. The number of fused-ring (bicyclic) bond motifs is 1. The summed E-state index contributed by atoms with van der Waals surface area (Å²) < 4.78 is 0. The SMILES string of the molecule is Cc1cc(C)cc(-c2ccc3c(C4CCCC4)cccc3n2)c1.Cl. The minimum atomic E-state index is 0. The molecule has 0 unspecified atom stereocenters. The number of halogens is 1. The van der Waals surface area contributed by atoms with E-state index in [0.29, 0.717) is 0 Å². The van der Waals surface area contributed by atoms with Crippen LogP contribution in [0.25, 0.3) is 22.2 Å². The molecule has 1 saturated carbocycles. The Morgan fingerprint density at radius 2 is 1.58 bits per heavy atom. The highest BCUT2D eigenvalue weighted by Gasteiger charge is 2.19. The lowest BCUT2D eigenvalue weighted by Gasteiger charge is -2.13. The van der Waals surface area contributed by atoms with Gasteiger partial charge in [-0.1, -0.05) is 48.2 Å². The Morgan fingerprint density at radius 1 is 0.875 bits per heavy atom. The first-order chi connectivity index (χ1) is 11.2. The van der Waals surface area contributed by atoms with Crippen molar-refractivity contribution in [2.24, 2.45) is 0 Å². The van der Waals surface area contributed by atoms with Gasteiger partial charge >= 0.3 is 0 Å². The maximum Gasteiger partial charge on any atom is 0.0712 e. The summed E-state index contributed by atoms with van der Waals surface area (Å²) in [7, 11) is 0. The Hall–Kier alpha value is -1.86. The van der Waals surface area contributed by atoms with Gasteiger partial charge in [0.15, 0.2) is 0 Å². The Morgan fingerprint density at radius 3 is 2.29 bits per heavy atom. The van der Waals surface area contributed by atoms with Gasteiger partial charge in [0.25, 0.3) is 0 Å². The Labute approximate surface area is 150 Å². The van der Waals surface area contributed by atoms with Crippen molar-refractivity contribution in [3.05, 3.63) is 65.2 Å². The van der Waals surface area contributed by atoms with E-state index >= 15 is 0 Å². The average molecular weight is 338 g/mol. The van der Waals surface area contributed by atoms with E-state index in [-0.39, 0.29) is 12.4 Å². The van der Waals surface area contributed by atoms with Gasteiger partial charge in [-0.25, -0.2) is 4.98 Å². The number of benzene rings is 2. The van der Waals surface area contributed by atoms with Crippen molar-refractivity contribution >= 4 is 23.3 Å². The fraction of sp³-hybridized carbons (Fsp3) is 0.318. The lowest BCUT2D eigenvalue weighted by molar-refractivity contribution is 0.729. The van der Waals surface area contributed by atoms with Crippen molar-refractivity contribution in [2.75, 3.05) is 0 Å². The molecule has 2 heteroatoms. The number of hydrogen-bond acceptors (Lipinski definition) is 1. The minimum Gasteiger partial charge on any atom is -0.248 e. The van der Waals surface area contributed by atoms with Gasteiger partial charge in [0, 0.05) is 10.9 Å². The molecule has 124 valence electrons. The molecule has 0 saturated heterocycles.